The molecule has 0 radical (unpaired) electrons. The number of carbonyl (C=O) groups excluding carboxylic acids is 5. The first-order chi connectivity index (χ1) is 17.4. The predicted octanol–water partition coefficient (Wildman–Crippen LogP) is 0.275. The van der Waals surface area contributed by atoms with Gasteiger partial charge in [0.05, 0.1) is 12.5 Å². The zero-order valence-electron chi connectivity index (χ0n) is 21.8. The first-order valence-electron chi connectivity index (χ1n) is 12.4. The van der Waals surface area contributed by atoms with Crippen LogP contribution in [0.15, 0.2) is 12.2 Å². The Bertz CT molecular complexity index is 881. The lowest BCUT2D eigenvalue weighted by Gasteiger charge is -2.30. The molecular weight excluding hydrogens is 520 g/mol. The standard InChI is InChI=1S/C24H38N4O7S2/c1-12(2)18-23(33)27-19(13(3)4)22(32)25-16-11-37-36-9-7-6-8-15(10-17(30)26-18)35-24(34)20(14(5)29)28-21(16)31/h6,8,12-16,18-20,29H,7,9-11H2,1-5H3,(H,25,32)(H,26,30)(H,27,33)(H,28,31)/t14-,15-,16-,18-,19-,20+/m1/s1. The summed E-state index contributed by atoms with van der Waals surface area (Å²) in [6.07, 6.45) is 1.46. The number of hydrogen-bond donors (Lipinski definition) is 5. The molecule has 1 fully saturated rings. The van der Waals surface area contributed by atoms with Crippen LogP contribution in [-0.4, -0.2) is 82.6 Å². The second-order valence-electron chi connectivity index (χ2n) is 9.81. The average molecular weight is 559 g/mol. The van der Waals surface area contributed by atoms with Gasteiger partial charge in [-0.3, -0.25) is 19.2 Å². The zero-order chi connectivity index (χ0) is 27.7. The Morgan fingerprint density at radius 3 is 2.05 bits per heavy atom. The number of fused-ring (bicyclic) bond motifs is 6. The Kier molecular flexibility index (Phi) is 12.2. The minimum absolute atomic E-state index is 0.194. The number of allylic oxidation sites excluding steroid dienone is 1. The molecule has 2 rings (SSSR count). The maximum atomic E-state index is 13.3. The van der Waals surface area contributed by atoms with Gasteiger partial charge in [0.25, 0.3) is 0 Å². The van der Waals surface area contributed by atoms with Crippen LogP contribution in [0.1, 0.15) is 47.5 Å². The fourth-order valence-corrected chi connectivity index (χ4v) is 5.87. The van der Waals surface area contributed by atoms with Gasteiger partial charge in [-0.15, -0.1) is 0 Å². The maximum Gasteiger partial charge on any atom is 0.331 e. The highest BCUT2D eigenvalue weighted by Gasteiger charge is 2.36. The fourth-order valence-electron chi connectivity index (χ4n) is 3.71. The number of aliphatic hydroxyl groups is 1. The molecule has 0 aliphatic carbocycles. The number of nitrogens with one attached hydrogen (secondary N) is 4. The number of rotatable bonds is 3. The van der Waals surface area contributed by atoms with Crippen LogP contribution in [0, 0.1) is 11.8 Å². The molecule has 4 amide bonds. The number of carbonyl (C=O) groups is 5. The smallest absolute Gasteiger partial charge is 0.331 e. The molecule has 2 bridgehead atoms. The molecule has 13 heteroatoms. The van der Waals surface area contributed by atoms with Gasteiger partial charge < -0.3 is 31.1 Å². The van der Waals surface area contributed by atoms with Gasteiger partial charge >= 0.3 is 5.97 Å². The largest absolute Gasteiger partial charge is 0.456 e. The molecule has 0 spiro atoms. The lowest BCUT2D eigenvalue weighted by molar-refractivity contribution is -0.155. The molecule has 0 aromatic carbocycles. The fraction of sp³-hybridized carbons (Fsp3) is 0.708. The highest BCUT2D eigenvalue weighted by molar-refractivity contribution is 8.76. The first-order valence-corrected chi connectivity index (χ1v) is 14.9. The number of hydrogen-bond acceptors (Lipinski definition) is 9. The molecule has 5 N–H and O–H groups in total. The van der Waals surface area contributed by atoms with E-state index in [1.807, 2.05) is 0 Å². The quantitative estimate of drug-likeness (QED) is 0.186. The zero-order valence-corrected chi connectivity index (χ0v) is 23.4. The lowest BCUT2D eigenvalue weighted by atomic mass is 9.99. The SMILES string of the molecule is CC(C)[C@H]1NC(=O)C[C@H]2C=CCCSSC[C@@H](NC(=O)[C@@H](C(C)C)NC1=O)C(=O)N[C@@H]([C@@H](C)O)C(=O)O2. The Balaban J connectivity index is 2.55. The third-order valence-corrected chi connectivity index (χ3v) is 8.32. The summed E-state index contributed by atoms with van der Waals surface area (Å²) in [5.74, 6) is -2.97. The number of esters is 1. The molecule has 2 aliphatic rings. The van der Waals surface area contributed by atoms with Gasteiger partial charge in [-0.25, -0.2) is 4.79 Å². The second-order valence-corrected chi connectivity index (χ2v) is 12.4. The van der Waals surface area contributed by atoms with E-state index in [9.17, 15) is 29.1 Å². The summed E-state index contributed by atoms with van der Waals surface area (Å²) >= 11 is 0. The highest BCUT2D eigenvalue weighted by Crippen LogP contribution is 2.24. The van der Waals surface area contributed by atoms with Crippen molar-refractivity contribution >= 4 is 51.2 Å². The van der Waals surface area contributed by atoms with Crippen LogP contribution in [0.25, 0.3) is 0 Å². The number of amides is 4. The lowest BCUT2D eigenvalue weighted by Crippen LogP contribution is -2.61. The molecular formula is C24H38N4O7S2. The Morgan fingerprint density at radius 2 is 1.43 bits per heavy atom. The molecule has 6 atom stereocenters. The molecule has 2 aliphatic heterocycles. The van der Waals surface area contributed by atoms with Crippen molar-refractivity contribution in [2.24, 2.45) is 11.8 Å². The molecule has 0 aromatic rings. The van der Waals surface area contributed by atoms with Crippen molar-refractivity contribution in [2.45, 2.75) is 83.8 Å². The summed E-state index contributed by atoms with van der Waals surface area (Å²) in [5.41, 5.74) is 0. The summed E-state index contributed by atoms with van der Waals surface area (Å²) in [6, 6.07) is -4.37. The van der Waals surface area contributed by atoms with Crippen molar-refractivity contribution in [3.63, 3.8) is 0 Å². The molecule has 11 nitrogen and oxygen atoms in total. The van der Waals surface area contributed by atoms with E-state index in [1.165, 1.54) is 28.5 Å². The summed E-state index contributed by atoms with van der Waals surface area (Å²) in [6.45, 7) is 8.38. The molecule has 0 aromatic heterocycles. The molecule has 37 heavy (non-hydrogen) atoms. The van der Waals surface area contributed by atoms with E-state index in [1.54, 1.807) is 39.8 Å². The molecule has 1 saturated heterocycles. The van der Waals surface area contributed by atoms with Crippen molar-refractivity contribution in [3.05, 3.63) is 12.2 Å². The maximum absolute atomic E-state index is 13.3. The average Bonchev–Trinajstić information content (AvgIpc) is 2.80. The van der Waals surface area contributed by atoms with E-state index in [2.05, 4.69) is 21.3 Å². The molecule has 208 valence electrons. The van der Waals surface area contributed by atoms with Crippen LogP contribution in [0.2, 0.25) is 0 Å². The van der Waals surface area contributed by atoms with Crippen LogP contribution >= 0.6 is 21.6 Å². The van der Waals surface area contributed by atoms with Crippen molar-refractivity contribution in [1.82, 2.24) is 21.3 Å². The topological polar surface area (TPSA) is 163 Å². The normalized spacial score (nSPS) is 30.1. The van der Waals surface area contributed by atoms with Gasteiger partial charge in [0.2, 0.25) is 23.6 Å². The molecule has 2 heterocycles. The minimum atomic E-state index is -1.41. The number of aliphatic hydroxyl groups excluding tert-OH is 1. The second kappa shape index (κ2) is 14.6. The van der Waals surface area contributed by atoms with Gasteiger partial charge in [-0.05, 0) is 31.3 Å². The molecule has 0 unspecified atom stereocenters. The van der Waals surface area contributed by atoms with E-state index >= 15 is 0 Å². The van der Waals surface area contributed by atoms with Crippen LogP contribution in [-0.2, 0) is 28.7 Å². The summed E-state index contributed by atoms with van der Waals surface area (Å²) in [7, 11) is 2.89. The van der Waals surface area contributed by atoms with Gasteiger partial charge in [0.15, 0.2) is 6.04 Å². The monoisotopic (exact) mass is 558 g/mol. The third-order valence-electron chi connectivity index (χ3n) is 5.87. The third kappa shape index (κ3) is 9.53. The summed E-state index contributed by atoms with van der Waals surface area (Å²) in [5, 5.41) is 20.8. The van der Waals surface area contributed by atoms with Crippen LogP contribution in [0.3, 0.4) is 0 Å². The Morgan fingerprint density at radius 1 is 0.838 bits per heavy atom. The Hall–Kier alpha value is -2.25. The van der Waals surface area contributed by atoms with Crippen LogP contribution in [0.5, 0.6) is 0 Å². The van der Waals surface area contributed by atoms with Gasteiger partial charge in [0, 0.05) is 11.5 Å². The molecule has 0 saturated carbocycles. The van der Waals surface area contributed by atoms with Crippen molar-refractivity contribution in [1.29, 1.82) is 0 Å². The van der Waals surface area contributed by atoms with Gasteiger partial charge in [-0.1, -0.05) is 55.4 Å². The van der Waals surface area contributed by atoms with E-state index in [-0.39, 0.29) is 24.0 Å². The van der Waals surface area contributed by atoms with Gasteiger partial charge in [0.1, 0.15) is 24.2 Å². The summed E-state index contributed by atoms with van der Waals surface area (Å²) < 4.78 is 5.51. The van der Waals surface area contributed by atoms with E-state index < -0.39 is 66.0 Å². The Labute approximate surface area is 225 Å². The van der Waals surface area contributed by atoms with E-state index in [0.29, 0.717) is 12.2 Å². The number of ether oxygens (including phenoxy) is 1. The minimum Gasteiger partial charge on any atom is -0.456 e. The van der Waals surface area contributed by atoms with Crippen molar-refractivity contribution < 1.29 is 33.8 Å². The van der Waals surface area contributed by atoms with E-state index in [4.69, 9.17) is 4.74 Å². The predicted molar refractivity (Wildman–Crippen MR) is 142 cm³/mol. The van der Waals surface area contributed by atoms with Crippen LogP contribution < -0.4 is 21.3 Å². The van der Waals surface area contributed by atoms with Crippen molar-refractivity contribution in [3.8, 4) is 0 Å². The van der Waals surface area contributed by atoms with Gasteiger partial charge in [-0.2, -0.15) is 0 Å². The summed E-state index contributed by atoms with van der Waals surface area (Å²) in [4.78, 5) is 65.4. The van der Waals surface area contributed by atoms with E-state index in [0.717, 1.165) is 0 Å². The van der Waals surface area contributed by atoms with Crippen molar-refractivity contribution in [2.75, 3.05) is 11.5 Å². The van der Waals surface area contributed by atoms with Crippen LogP contribution in [0.4, 0.5) is 0 Å². The highest BCUT2D eigenvalue weighted by atomic mass is 33.1. The first kappa shape index (κ1) is 31.0.